The highest BCUT2D eigenvalue weighted by Gasteiger charge is 2.44. The van der Waals surface area contributed by atoms with Crippen LogP contribution in [0.4, 0.5) is 5.69 Å². The van der Waals surface area contributed by atoms with Crippen molar-refractivity contribution < 1.29 is 9.72 Å². The van der Waals surface area contributed by atoms with Crippen molar-refractivity contribution in [2.24, 2.45) is 23.2 Å². The van der Waals surface area contributed by atoms with E-state index in [1.54, 1.807) is 12.1 Å². The maximum Gasteiger partial charge on any atom is 0.269 e. The van der Waals surface area contributed by atoms with Gasteiger partial charge in [-0.05, 0) is 67.9 Å². The van der Waals surface area contributed by atoms with Crippen molar-refractivity contribution in [3.8, 4) is 0 Å². The number of hydrogen-bond acceptors (Lipinski definition) is 3. The molecule has 2 bridgehead atoms. The molecule has 0 spiro atoms. The molecule has 5 heteroatoms. The second kappa shape index (κ2) is 7.99. The lowest BCUT2D eigenvalue weighted by molar-refractivity contribution is -0.384. The van der Waals surface area contributed by atoms with Gasteiger partial charge < -0.3 is 5.32 Å². The number of benzene rings is 1. The monoisotopic (exact) mass is 372 g/mol. The van der Waals surface area contributed by atoms with Crippen LogP contribution in [0.25, 0.3) is 0 Å². The molecular weight excluding hydrogens is 340 g/mol. The Balaban J connectivity index is 1.74. The zero-order valence-electron chi connectivity index (χ0n) is 16.7. The van der Waals surface area contributed by atoms with Crippen molar-refractivity contribution in [1.29, 1.82) is 0 Å². The van der Waals surface area contributed by atoms with Gasteiger partial charge >= 0.3 is 0 Å². The van der Waals surface area contributed by atoms with E-state index in [1.807, 2.05) is 0 Å². The minimum atomic E-state index is -0.442. The second-order valence-corrected chi connectivity index (χ2v) is 9.20. The quantitative estimate of drug-likeness (QED) is 0.572. The fourth-order valence-corrected chi connectivity index (χ4v) is 5.45. The zero-order valence-corrected chi connectivity index (χ0v) is 16.7. The van der Waals surface area contributed by atoms with Crippen molar-refractivity contribution >= 4 is 11.6 Å². The molecule has 0 saturated heterocycles. The highest BCUT2D eigenvalue weighted by atomic mass is 16.6. The van der Waals surface area contributed by atoms with Gasteiger partial charge in [0, 0.05) is 23.7 Å². The Hall–Kier alpha value is -1.91. The highest BCUT2D eigenvalue weighted by molar-refractivity contribution is 5.94. The van der Waals surface area contributed by atoms with Gasteiger partial charge in [0.05, 0.1) is 4.92 Å². The van der Waals surface area contributed by atoms with Crippen molar-refractivity contribution in [3.05, 3.63) is 39.9 Å². The third kappa shape index (κ3) is 4.50. The Morgan fingerprint density at radius 3 is 2.52 bits per heavy atom. The predicted molar refractivity (Wildman–Crippen MR) is 107 cm³/mol. The van der Waals surface area contributed by atoms with Crippen LogP contribution < -0.4 is 5.32 Å². The van der Waals surface area contributed by atoms with Gasteiger partial charge in [-0.15, -0.1) is 0 Å². The molecule has 0 aliphatic heterocycles. The maximum absolute atomic E-state index is 12.8. The Morgan fingerprint density at radius 2 is 1.85 bits per heavy atom. The zero-order chi connectivity index (χ0) is 19.6. The fraction of sp³-hybridized carbons (Fsp3) is 0.682. The average molecular weight is 373 g/mol. The van der Waals surface area contributed by atoms with Crippen molar-refractivity contribution in [3.63, 3.8) is 0 Å². The lowest BCUT2D eigenvalue weighted by Gasteiger charge is -2.49. The first-order chi connectivity index (χ1) is 12.8. The van der Waals surface area contributed by atoms with Crippen LogP contribution in [0, 0.1) is 33.3 Å². The minimum Gasteiger partial charge on any atom is -0.349 e. The number of nitro benzene ring substituents is 1. The molecule has 5 nitrogen and oxygen atoms in total. The van der Waals surface area contributed by atoms with Gasteiger partial charge in [0.25, 0.3) is 11.6 Å². The summed E-state index contributed by atoms with van der Waals surface area (Å²) in [4.78, 5) is 23.1. The first-order valence-corrected chi connectivity index (χ1v) is 10.3. The number of fused-ring (bicyclic) bond motifs is 2. The molecule has 1 aromatic carbocycles. The summed E-state index contributed by atoms with van der Waals surface area (Å²) >= 11 is 0. The molecule has 1 amide bonds. The van der Waals surface area contributed by atoms with Gasteiger partial charge in [0.1, 0.15) is 0 Å². The molecule has 2 aliphatic carbocycles. The molecule has 0 radical (unpaired) electrons. The van der Waals surface area contributed by atoms with E-state index >= 15 is 0 Å². The van der Waals surface area contributed by atoms with E-state index in [-0.39, 0.29) is 23.1 Å². The van der Waals surface area contributed by atoms with Gasteiger partial charge in [-0.1, -0.05) is 33.1 Å². The van der Waals surface area contributed by atoms with E-state index in [0.717, 1.165) is 11.8 Å². The summed E-state index contributed by atoms with van der Waals surface area (Å²) in [5, 5.41) is 14.0. The molecule has 27 heavy (non-hydrogen) atoms. The Bertz CT molecular complexity index is 687. The standard InChI is InChI=1S/C22H32N2O3/c1-15-4-5-18-12-16(2)13-22(14-18,11-10-15)17(3)23-21(25)19-6-8-20(9-7-19)24(26)27/h6-9,15-18H,4-5,10-14H2,1-3H3,(H,23,25). The topological polar surface area (TPSA) is 72.2 Å². The Morgan fingerprint density at radius 1 is 1.15 bits per heavy atom. The summed E-state index contributed by atoms with van der Waals surface area (Å²) in [7, 11) is 0. The molecule has 1 aromatic rings. The van der Waals surface area contributed by atoms with Crippen LogP contribution in [0.1, 0.15) is 76.1 Å². The van der Waals surface area contributed by atoms with Crippen LogP contribution in [0.3, 0.4) is 0 Å². The molecule has 2 fully saturated rings. The van der Waals surface area contributed by atoms with Crippen LogP contribution in [-0.4, -0.2) is 16.9 Å². The van der Waals surface area contributed by atoms with Crippen LogP contribution in [0.5, 0.6) is 0 Å². The summed E-state index contributed by atoms with van der Waals surface area (Å²) in [5.41, 5.74) is 0.674. The smallest absolute Gasteiger partial charge is 0.269 e. The molecule has 148 valence electrons. The van der Waals surface area contributed by atoms with E-state index in [4.69, 9.17) is 0 Å². The molecule has 2 saturated carbocycles. The molecule has 3 rings (SSSR count). The number of carbonyl (C=O) groups is 1. The van der Waals surface area contributed by atoms with Crippen LogP contribution in [0.2, 0.25) is 0 Å². The third-order valence-corrected chi connectivity index (χ3v) is 7.00. The number of nitrogens with zero attached hydrogens (tertiary/aromatic N) is 1. The minimum absolute atomic E-state index is 0.0103. The average Bonchev–Trinajstić information content (AvgIpc) is 2.63. The van der Waals surface area contributed by atoms with E-state index in [0.29, 0.717) is 11.5 Å². The molecule has 0 aromatic heterocycles. The maximum atomic E-state index is 12.8. The van der Waals surface area contributed by atoms with Crippen molar-refractivity contribution in [2.45, 2.75) is 71.8 Å². The summed E-state index contributed by atoms with van der Waals surface area (Å²) in [6.45, 7) is 6.87. The van der Waals surface area contributed by atoms with Gasteiger partial charge in [-0.3, -0.25) is 14.9 Å². The number of rotatable bonds is 4. The predicted octanol–water partition coefficient (Wildman–Crippen LogP) is 5.35. The highest BCUT2D eigenvalue weighted by Crippen LogP contribution is 2.51. The summed E-state index contributed by atoms with van der Waals surface area (Å²) in [6, 6.07) is 5.99. The van der Waals surface area contributed by atoms with Gasteiger partial charge in [0.2, 0.25) is 0 Å². The van der Waals surface area contributed by atoms with Gasteiger partial charge in [-0.25, -0.2) is 0 Å². The van der Waals surface area contributed by atoms with E-state index in [1.165, 1.54) is 57.1 Å². The summed E-state index contributed by atoms with van der Waals surface area (Å²) < 4.78 is 0. The molecular formula is C22H32N2O3. The number of non-ortho nitro benzene ring substituents is 1. The van der Waals surface area contributed by atoms with E-state index in [2.05, 4.69) is 26.1 Å². The molecule has 0 heterocycles. The van der Waals surface area contributed by atoms with Crippen LogP contribution >= 0.6 is 0 Å². The summed E-state index contributed by atoms with van der Waals surface area (Å²) in [6.07, 6.45) is 8.77. The molecule has 2 aliphatic rings. The third-order valence-electron chi connectivity index (χ3n) is 7.00. The van der Waals surface area contributed by atoms with E-state index < -0.39 is 4.92 Å². The fourth-order valence-electron chi connectivity index (χ4n) is 5.45. The summed E-state index contributed by atoms with van der Waals surface area (Å²) in [5.74, 6) is 2.11. The number of hydrogen-bond donors (Lipinski definition) is 1. The number of carbonyl (C=O) groups excluding carboxylic acids is 1. The van der Waals surface area contributed by atoms with Gasteiger partial charge in [0.15, 0.2) is 0 Å². The SMILES string of the molecule is CC1CCC2CC(C)CC(C(C)NC(=O)c3ccc([N+](=O)[O-])cc3)(CC1)C2. The number of nitro groups is 1. The van der Waals surface area contributed by atoms with Crippen LogP contribution in [-0.2, 0) is 0 Å². The normalized spacial score (nSPS) is 32.0. The van der Waals surface area contributed by atoms with Gasteiger partial charge in [-0.2, -0.15) is 0 Å². The Labute approximate surface area is 162 Å². The first kappa shape index (κ1) is 19.8. The van der Waals surface area contributed by atoms with Crippen LogP contribution in [0.15, 0.2) is 24.3 Å². The lowest BCUT2D eigenvalue weighted by atomic mass is 9.58. The number of nitrogens with one attached hydrogen (secondary N) is 1. The lowest BCUT2D eigenvalue weighted by Crippen LogP contribution is -2.50. The molecule has 1 N–H and O–H groups in total. The molecule has 5 atom stereocenters. The van der Waals surface area contributed by atoms with E-state index in [9.17, 15) is 14.9 Å². The second-order valence-electron chi connectivity index (χ2n) is 9.20. The van der Waals surface area contributed by atoms with Crippen molar-refractivity contribution in [2.75, 3.05) is 0 Å². The largest absolute Gasteiger partial charge is 0.349 e. The van der Waals surface area contributed by atoms with Crippen molar-refractivity contribution in [1.82, 2.24) is 5.32 Å². The molecule has 5 unspecified atom stereocenters. The number of amides is 1. The Kier molecular flexibility index (Phi) is 5.87. The first-order valence-electron chi connectivity index (χ1n) is 10.3.